The van der Waals surface area contributed by atoms with Crippen molar-refractivity contribution in [1.29, 1.82) is 0 Å². The number of rotatable bonds is 6. The molecule has 13 heavy (non-hydrogen) atoms. The molecule has 0 atom stereocenters. The van der Waals surface area contributed by atoms with Crippen LogP contribution in [0.5, 0.6) is 0 Å². The van der Waals surface area contributed by atoms with Crippen LogP contribution in [-0.2, 0) is 18.1 Å². The van der Waals surface area contributed by atoms with Crippen LogP contribution in [0, 0.1) is 0 Å². The van der Waals surface area contributed by atoms with E-state index in [1.54, 1.807) is 0 Å². The number of hydrogen-bond donors (Lipinski definition) is 1. The Balaban J connectivity index is 4.09. The Hall–Kier alpha value is -0.693. The molecular formula is C7H15NO4Si. The lowest BCUT2D eigenvalue weighted by atomic mass is 10.6. The van der Waals surface area contributed by atoms with Gasteiger partial charge in [-0.15, -0.1) is 0 Å². The van der Waals surface area contributed by atoms with Gasteiger partial charge in [0.25, 0.3) is 0 Å². The summed E-state index contributed by atoms with van der Waals surface area (Å²) in [6, 6.07) is 0. The molecule has 6 heteroatoms. The van der Waals surface area contributed by atoms with Crippen molar-refractivity contribution < 1.29 is 18.1 Å². The summed E-state index contributed by atoms with van der Waals surface area (Å²) in [5, 5.41) is 2.56. The molecule has 0 saturated heterocycles. The van der Waals surface area contributed by atoms with E-state index in [1.807, 2.05) is 0 Å². The Labute approximate surface area is 79.0 Å². The highest BCUT2D eigenvalue weighted by Crippen LogP contribution is 2.03. The number of nitrogens with one attached hydrogen (secondary N) is 1. The Morgan fingerprint density at radius 3 is 2.15 bits per heavy atom. The summed E-state index contributed by atoms with van der Waals surface area (Å²) >= 11 is 0. The number of amides is 1. The quantitative estimate of drug-likeness (QED) is 0.478. The molecule has 0 fully saturated rings. The van der Waals surface area contributed by atoms with Gasteiger partial charge < -0.3 is 18.6 Å². The highest BCUT2D eigenvalue weighted by atomic mass is 28.4. The molecule has 0 bridgehead atoms. The SMILES string of the molecule is C=CC(=O)NC[Si](OC)(OC)OC. The normalized spacial score (nSPS) is 11.0. The predicted octanol–water partition coefficient (Wildman–Crippen LogP) is -0.294. The van der Waals surface area contributed by atoms with Crippen LogP contribution in [0.25, 0.3) is 0 Å². The minimum Gasteiger partial charge on any atom is -0.376 e. The van der Waals surface area contributed by atoms with Crippen molar-refractivity contribution in [3.8, 4) is 0 Å². The van der Waals surface area contributed by atoms with Gasteiger partial charge in [0.2, 0.25) is 5.91 Å². The third kappa shape index (κ3) is 3.68. The molecule has 5 nitrogen and oxygen atoms in total. The van der Waals surface area contributed by atoms with Crippen LogP contribution in [0.1, 0.15) is 0 Å². The van der Waals surface area contributed by atoms with Gasteiger partial charge in [-0.2, -0.15) is 0 Å². The molecule has 0 aliphatic rings. The Kier molecular flexibility index (Phi) is 5.56. The zero-order valence-electron chi connectivity index (χ0n) is 8.12. The molecule has 0 aliphatic heterocycles. The fourth-order valence-corrected chi connectivity index (χ4v) is 2.06. The minimum absolute atomic E-state index is 0.237. The first-order chi connectivity index (χ1) is 6.14. The van der Waals surface area contributed by atoms with Gasteiger partial charge in [-0.3, -0.25) is 4.79 Å². The first-order valence-corrected chi connectivity index (χ1v) is 5.63. The monoisotopic (exact) mass is 205 g/mol. The summed E-state index contributed by atoms with van der Waals surface area (Å²) in [5.41, 5.74) is 0. The highest BCUT2D eigenvalue weighted by molar-refractivity contribution is 6.61. The van der Waals surface area contributed by atoms with E-state index < -0.39 is 8.80 Å². The first-order valence-electron chi connectivity index (χ1n) is 3.70. The van der Waals surface area contributed by atoms with E-state index in [2.05, 4.69) is 11.9 Å². The molecule has 0 radical (unpaired) electrons. The maximum Gasteiger partial charge on any atom is 0.520 e. The molecule has 0 aliphatic carbocycles. The molecule has 0 saturated carbocycles. The fraction of sp³-hybridized carbons (Fsp3) is 0.571. The van der Waals surface area contributed by atoms with Gasteiger partial charge in [-0.1, -0.05) is 6.58 Å². The van der Waals surface area contributed by atoms with Gasteiger partial charge in [-0.05, 0) is 6.08 Å². The predicted molar refractivity (Wildman–Crippen MR) is 50.0 cm³/mol. The first kappa shape index (κ1) is 12.3. The number of carbonyl (C=O) groups is 1. The standard InChI is InChI=1S/C7H15NO4Si/c1-5-7(9)8-6-13(10-2,11-3)12-4/h5H,1,6H2,2-4H3,(H,8,9). The Morgan fingerprint density at radius 2 is 1.85 bits per heavy atom. The summed E-state index contributed by atoms with van der Waals surface area (Å²) in [7, 11) is 1.78. The molecular weight excluding hydrogens is 190 g/mol. The lowest BCUT2D eigenvalue weighted by molar-refractivity contribution is -0.116. The maximum absolute atomic E-state index is 10.8. The second kappa shape index (κ2) is 5.87. The van der Waals surface area contributed by atoms with Crippen molar-refractivity contribution in [3.63, 3.8) is 0 Å². The van der Waals surface area contributed by atoms with E-state index in [0.717, 1.165) is 0 Å². The van der Waals surface area contributed by atoms with Crippen LogP contribution in [0.3, 0.4) is 0 Å². The molecule has 76 valence electrons. The van der Waals surface area contributed by atoms with E-state index in [4.69, 9.17) is 13.3 Å². The number of hydrogen-bond acceptors (Lipinski definition) is 4. The molecule has 0 rings (SSSR count). The largest absolute Gasteiger partial charge is 0.520 e. The lowest BCUT2D eigenvalue weighted by Gasteiger charge is -2.23. The minimum atomic E-state index is -2.68. The van der Waals surface area contributed by atoms with Gasteiger partial charge in [0.05, 0.1) is 6.17 Å². The molecule has 0 unspecified atom stereocenters. The van der Waals surface area contributed by atoms with Gasteiger partial charge in [0.15, 0.2) is 0 Å². The zero-order valence-corrected chi connectivity index (χ0v) is 9.12. The van der Waals surface area contributed by atoms with E-state index >= 15 is 0 Å². The van der Waals surface area contributed by atoms with Crippen LogP contribution in [0.15, 0.2) is 12.7 Å². The topological polar surface area (TPSA) is 56.8 Å². The van der Waals surface area contributed by atoms with E-state index in [-0.39, 0.29) is 12.1 Å². The van der Waals surface area contributed by atoms with Gasteiger partial charge >= 0.3 is 8.80 Å². The second-order valence-corrected chi connectivity index (χ2v) is 5.16. The molecule has 0 aromatic heterocycles. The van der Waals surface area contributed by atoms with Crippen molar-refractivity contribution in [2.24, 2.45) is 0 Å². The van der Waals surface area contributed by atoms with Crippen LogP contribution in [-0.4, -0.2) is 42.2 Å². The van der Waals surface area contributed by atoms with Crippen LogP contribution in [0.2, 0.25) is 0 Å². The number of carbonyl (C=O) groups excluding carboxylic acids is 1. The van der Waals surface area contributed by atoms with E-state index in [0.29, 0.717) is 0 Å². The third-order valence-corrected chi connectivity index (χ3v) is 4.07. The van der Waals surface area contributed by atoms with Gasteiger partial charge in [0.1, 0.15) is 0 Å². The average Bonchev–Trinajstić information content (AvgIpc) is 2.20. The van der Waals surface area contributed by atoms with Crippen molar-refractivity contribution in [2.75, 3.05) is 27.5 Å². The maximum atomic E-state index is 10.8. The highest BCUT2D eigenvalue weighted by Gasteiger charge is 2.38. The molecule has 0 spiro atoms. The van der Waals surface area contributed by atoms with E-state index in [9.17, 15) is 4.79 Å². The van der Waals surface area contributed by atoms with Crippen LogP contribution in [0.4, 0.5) is 0 Å². The van der Waals surface area contributed by atoms with Crippen molar-refractivity contribution in [1.82, 2.24) is 5.32 Å². The zero-order chi connectivity index (χ0) is 10.3. The van der Waals surface area contributed by atoms with Gasteiger partial charge in [-0.25, -0.2) is 0 Å². The van der Waals surface area contributed by atoms with Crippen molar-refractivity contribution in [2.45, 2.75) is 0 Å². The Bertz CT molecular complexity index is 173. The van der Waals surface area contributed by atoms with Crippen molar-refractivity contribution in [3.05, 3.63) is 12.7 Å². The molecule has 0 aromatic rings. The molecule has 1 amide bonds. The molecule has 0 heterocycles. The van der Waals surface area contributed by atoms with Crippen LogP contribution < -0.4 is 5.32 Å². The molecule has 0 aromatic carbocycles. The summed E-state index contributed by atoms with van der Waals surface area (Å²) in [4.78, 5) is 10.8. The fourth-order valence-electron chi connectivity index (χ4n) is 0.734. The third-order valence-electron chi connectivity index (χ3n) is 1.60. The van der Waals surface area contributed by atoms with Gasteiger partial charge in [0, 0.05) is 21.3 Å². The smallest absolute Gasteiger partial charge is 0.376 e. The summed E-state index contributed by atoms with van der Waals surface area (Å²) < 4.78 is 15.2. The van der Waals surface area contributed by atoms with Crippen LogP contribution >= 0.6 is 0 Å². The summed E-state index contributed by atoms with van der Waals surface area (Å²) in [6.45, 7) is 3.32. The van der Waals surface area contributed by atoms with E-state index in [1.165, 1.54) is 27.4 Å². The second-order valence-electron chi connectivity index (χ2n) is 2.22. The Morgan fingerprint density at radius 1 is 1.38 bits per heavy atom. The van der Waals surface area contributed by atoms with Crippen molar-refractivity contribution >= 4 is 14.7 Å². The molecule has 1 N–H and O–H groups in total. The lowest BCUT2D eigenvalue weighted by Crippen LogP contribution is -2.53. The summed E-state index contributed by atoms with van der Waals surface area (Å²) in [5.74, 6) is -0.275. The summed E-state index contributed by atoms with van der Waals surface area (Å²) in [6.07, 6.45) is 1.42. The average molecular weight is 205 g/mol.